The van der Waals surface area contributed by atoms with E-state index in [4.69, 9.17) is 9.47 Å². The number of rotatable bonds is 9. The Hall–Kier alpha value is -5.71. The van der Waals surface area contributed by atoms with Gasteiger partial charge in [-0.25, -0.2) is 4.79 Å². The van der Waals surface area contributed by atoms with Crippen molar-refractivity contribution in [3.63, 3.8) is 0 Å². The van der Waals surface area contributed by atoms with Crippen LogP contribution in [0.2, 0.25) is 0 Å². The van der Waals surface area contributed by atoms with Gasteiger partial charge in [-0.05, 0) is 97.8 Å². The van der Waals surface area contributed by atoms with Gasteiger partial charge in [-0.3, -0.25) is 0 Å². The SMILES string of the molecule is COC(=O)c1ccc(OCCCCCCn2c3ccc(C#Cc4ccccc4)cc3c3cc(C#Cc4ccccc4)ccc32)cc1. The first kappa shape index (κ1) is 30.3. The molecule has 0 fully saturated rings. The van der Waals surface area contributed by atoms with E-state index >= 15 is 0 Å². The van der Waals surface area contributed by atoms with Crippen LogP contribution in [0.5, 0.6) is 5.75 Å². The Balaban J connectivity index is 1.16. The Kier molecular flexibility index (Phi) is 9.79. The minimum absolute atomic E-state index is 0.343. The van der Waals surface area contributed by atoms with Gasteiger partial charge in [0.05, 0.1) is 19.3 Å². The lowest BCUT2D eigenvalue weighted by Crippen LogP contribution is -2.02. The highest BCUT2D eigenvalue weighted by molar-refractivity contribution is 6.09. The van der Waals surface area contributed by atoms with Crippen LogP contribution < -0.4 is 4.74 Å². The van der Waals surface area contributed by atoms with Crippen LogP contribution in [0.4, 0.5) is 0 Å². The van der Waals surface area contributed by atoms with Gasteiger partial charge in [-0.2, -0.15) is 0 Å². The molecule has 6 aromatic rings. The van der Waals surface area contributed by atoms with Crippen LogP contribution in [0, 0.1) is 23.7 Å². The Morgan fingerprint density at radius 3 is 1.65 bits per heavy atom. The summed E-state index contributed by atoms with van der Waals surface area (Å²) in [6.07, 6.45) is 4.22. The third-order valence-corrected chi connectivity index (χ3v) is 7.93. The molecule has 0 spiro atoms. The minimum atomic E-state index is -0.343. The average molecular weight is 602 g/mol. The monoisotopic (exact) mass is 601 g/mol. The van der Waals surface area contributed by atoms with Gasteiger partial charge in [0.15, 0.2) is 0 Å². The number of esters is 1. The maximum absolute atomic E-state index is 11.6. The molecule has 4 heteroatoms. The lowest BCUT2D eigenvalue weighted by atomic mass is 10.1. The van der Waals surface area contributed by atoms with Gasteiger partial charge in [0.25, 0.3) is 0 Å². The summed E-state index contributed by atoms with van der Waals surface area (Å²) in [4.78, 5) is 11.6. The van der Waals surface area contributed by atoms with Gasteiger partial charge in [-0.1, -0.05) is 72.9 Å². The van der Waals surface area contributed by atoms with Crippen LogP contribution in [0.3, 0.4) is 0 Å². The van der Waals surface area contributed by atoms with Gasteiger partial charge in [0, 0.05) is 50.6 Å². The van der Waals surface area contributed by atoms with E-state index in [0.29, 0.717) is 12.2 Å². The van der Waals surface area contributed by atoms with Gasteiger partial charge in [0.1, 0.15) is 5.75 Å². The second kappa shape index (κ2) is 14.8. The van der Waals surface area contributed by atoms with E-state index in [9.17, 15) is 4.79 Å². The zero-order valence-corrected chi connectivity index (χ0v) is 26.0. The summed E-state index contributed by atoms with van der Waals surface area (Å²) in [5, 5.41) is 2.40. The number of nitrogens with zero attached hydrogens (tertiary/aromatic N) is 1. The molecule has 0 N–H and O–H groups in total. The topological polar surface area (TPSA) is 40.5 Å². The maximum Gasteiger partial charge on any atom is 0.337 e. The molecule has 0 aliphatic rings. The van der Waals surface area contributed by atoms with Gasteiger partial charge in [-0.15, -0.1) is 0 Å². The number of unbranched alkanes of at least 4 members (excludes halogenated alkanes) is 3. The van der Waals surface area contributed by atoms with Crippen LogP contribution >= 0.6 is 0 Å². The highest BCUT2D eigenvalue weighted by atomic mass is 16.5. The molecule has 0 aliphatic carbocycles. The van der Waals surface area contributed by atoms with Gasteiger partial charge >= 0.3 is 5.97 Å². The molecule has 0 bridgehead atoms. The second-order valence-electron chi connectivity index (χ2n) is 11.1. The molecule has 0 atom stereocenters. The Morgan fingerprint density at radius 1 is 0.587 bits per heavy atom. The van der Waals surface area contributed by atoms with Crippen molar-refractivity contribution in [3.05, 3.63) is 149 Å². The van der Waals surface area contributed by atoms with Crippen molar-refractivity contribution in [1.82, 2.24) is 4.57 Å². The third kappa shape index (κ3) is 7.49. The molecule has 1 heterocycles. The standard InChI is InChI=1S/C42H35NO3/c1-45-42(44)36-22-24-37(25-23-36)46-29-11-3-2-10-28-43-40-26-20-34(18-16-32-12-6-4-7-13-32)30-38(40)39-31-35(21-27-41(39)43)19-17-33-14-8-5-9-15-33/h4-9,12-15,20-27,30-31H,2-3,10-11,28-29H2,1H3. The minimum Gasteiger partial charge on any atom is -0.494 e. The van der Waals surface area contributed by atoms with E-state index in [0.717, 1.165) is 60.2 Å². The maximum atomic E-state index is 11.6. The summed E-state index contributed by atoms with van der Waals surface area (Å²) in [6, 6.07) is 40.4. The van der Waals surface area contributed by atoms with Gasteiger partial charge < -0.3 is 14.0 Å². The number of fused-ring (bicyclic) bond motifs is 3. The fourth-order valence-corrected chi connectivity index (χ4v) is 5.55. The van der Waals surface area contributed by atoms with Gasteiger partial charge in [0.2, 0.25) is 0 Å². The number of ether oxygens (including phenoxy) is 2. The molecule has 0 radical (unpaired) electrons. The smallest absolute Gasteiger partial charge is 0.337 e. The van der Waals surface area contributed by atoms with E-state index in [1.807, 2.05) is 72.8 Å². The van der Waals surface area contributed by atoms with Crippen molar-refractivity contribution in [1.29, 1.82) is 0 Å². The molecule has 0 aliphatic heterocycles. The van der Waals surface area contributed by atoms with Crippen molar-refractivity contribution in [2.24, 2.45) is 0 Å². The van der Waals surface area contributed by atoms with Crippen LogP contribution in [0.25, 0.3) is 21.8 Å². The Morgan fingerprint density at radius 2 is 1.11 bits per heavy atom. The van der Waals surface area contributed by atoms with Crippen LogP contribution in [0.15, 0.2) is 121 Å². The number of hydrogen-bond acceptors (Lipinski definition) is 3. The van der Waals surface area contributed by atoms with E-state index in [1.54, 1.807) is 12.1 Å². The van der Waals surface area contributed by atoms with Crippen molar-refractivity contribution >= 4 is 27.8 Å². The van der Waals surface area contributed by atoms with Crippen LogP contribution in [0.1, 0.15) is 58.3 Å². The summed E-state index contributed by atoms with van der Waals surface area (Å²) in [7, 11) is 1.38. The predicted molar refractivity (Wildman–Crippen MR) is 186 cm³/mol. The number of hydrogen-bond donors (Lipinski definition) is 0. The Labute approximate surface area is 270 Å². The summed E-state index contributed by atoms with van der Waals surface area (Å²) >= 11 is 0. The summed E-state index contributed by atoms with van der Waals surface area (Å²) in [5.41, 5.74) is 6.95. The molecule has 46 heavy (non-hydrogen) atoms. The van der Waals surface area contributed by atoms with Crippen molar-refractivity contribution in [2.45, 2.75) is 32.2 Å². The predicted octanol–water partition coefficient (Wildman–Crippen LogP) is 9.02. The number of carbonyl (C=O) groups is 1. The zero-order valence-electron chi connectivity index (χ0n) is 26.0. The first-order valence-electron chi connectivity index (χ1n) is 15.7. The highest BCUT2D eigenvalue weighted by Gasteiger charge is 2.12. The normalized spacial score (nSPS) is 10.5. The molecule has 6 rings (SSSR count). The number of methoxy groups -OCH3 is 1. The molecule has 4 nitrogen and oxygen atoms in total. The van der Waals surface area contributed by atoms with Crippen molar-refractivity contribution < 1.29 is 14.3 Å². The Bertz CT molecular complexity index is 1960. The molecule has 1 aromatic heterocycles. The van der Waals surface area contributed by atoms with E-state index in [-0.39, 0.29) is 5.97 Å². The molecule has 0 saturated heterocycles. The third-order valence-electron chi connectivity index (χ3n) is 7.93. The highest BCUT2D eigenvalue weighted by Crippen LogP contribution is 2.31. The summed E-state index contributed by atoms with van der Waals surface area (Å²) in [6.45, 7) is 1.58. The van der Waals surface area contributed by atoms with E-state index < -0.39 is 0 Å². The molecular formula is C42H35NO3. The molecule has 0 saturated carbocycles. The average Bonchev–Trinajstić information content (AvgIpc) is 3.42. The largest absolute Gasteiger partial charge is 0.494 e. The number of aryl methyl sites for hydroxylation is 1. The first-order valence-corrected chi connectivity index (χ1v) is 15.7. The van der Waals surface area contributed by atoms with Crippen LogP contribution in [-0.2, 0) is 11.3 Å². The fourth-order valence-electron chi connectivity index (χ4n) is 5.55. The number of benzene rings is 5. The van der Waals surface area contributed by atoms with Crippen molar-refractivity contribution in [3.8, 4) is 29.4 Å². The molecule has 0 unspecified atom stereocenters. The lowest BCUT2D eigenvalue weighted by Gasteiger charge is -2.09. The number of aromatic nitrogens is 1. The first-order chi connectivity index (χ1) is 22.7. The fraction of sp³-hybridized carbons (Fsp3) is 0.167. The second-order valence-corrected chi connectivity index (χ2v) is 11.1. The quantitative estimate of drug-likeness (QED) is 0.0943. The summed E-state index contributed by atoms with van der Waals surface area (Å²) in [5.74, 6) is 13.7. The van der Waals surface area contributed by atoms with Crippen LogP contribution in [-0.4, -0.2) is 24.3 Å². The van der Waals surface area contributed by atoms with E-state index in [2.05, 4.69) is 64.6 Å². The number of carbonyl (C=O) groups excluding carboxylic acids is 1. The lowest BCUT2D eigenvalue weighted by molar-refractivity contribution is 0.0600. The molecule has 0 amide bonds. The van der Waals surface area contributed by atoms with Crippen molar-refractivity contribution in [2.75, 3.05) is 13.7 Å². The molecular weight excluding hydrogens is 566 g/mol. The van der Waals surface area contributed by atoms with E-state index in [1.165, 1.54) is 28.9 Å². The summed E-state index contributed by atoms with van der Waals surface area (Å²) < 4.78 is 13.1. The molecule has 226 valence electrons. The zero-order chi connectivity index (χ0) is 31.6. The molecule has 5 aromatic carbocycles.